The van der Waals surface area contributed by atoms with Gasteiger partial charge in [0.2, 0.25) is 0 Å². The summed E-state index contributed by atoms with van der Waals surface area (Å²) in [5.74, 6) is 0.251. The van der Waals surface area contributed by atoms with Crippen molar-refractivity contribution in [2.45, 2.75) is 0 Å². The molecular formula is C18H14ClO3P. The monoisotopic (exact) mass is 344 g/mol. The second-order valence-corrected chi connectivity index (χ2v) is 5.94. The van der Waals surface area contributed by atoms with Crippen molar-refractivity contribution in [3.63, 3.8) is 0 Å². The van der Waals surface area contributed by atoms with Crippen LogP contribution in [0.25, 0.3) is 22.3 Å². The van der Waals surface area contributed by atoms with E-state index in [9.17, 15) is 0 Å². The maximum atomic E-state index is 9.12. The van der Waals surface area contributed by atoms with E-state index in [1.807, 2.05) is 66.7 Å². The molecule has 3 aromatic carbocycles. The molecule has 0 aliphatic rings. The zero-order valence-corrected chi connectivity index (χ0v) is 13.7. The molecule has 0 aliphatic heterocycles. The normalized spacial score (nSPS) is 10.8. The Morgan fingerprint density at radius 1 is 0.739 bits per heavy atom. The molecule has 0 heterocycles. The van der Waals surface area contributed by atoms with Crippen LogP contribution in [0.4, 0.5) is 0 Å². The average Bonchev–Trinajstić information content (AvgIpc) is 2.58. The molecule has 0 bridgehead atoms. The molecule has 116 valence electrons. The van der Waals surface area contributed by atoms with Crippen LogP contribution in [0.3, 0.4) is 0 Å². The molecule has 0 saturated heterocycles. The van der Waals surface area contributed by atoms with Crippen molar-refractivity contribution in [3.8, 4) is 28.0 Å². The summed E-state index contributed by atoms with van der Waals surface area (Å²) in [5, 5.41) is 0.355. The second-order valence-electron chi connectivity index (χ2n) is 4.88. The van der Waals surface area contributed by atoms with Crippen LogP contribution in [0.5, 0.6) is 5.75 Å². The van der Waals surface area contributed by atoms with Crippen molar-refractivity contribution in [2.75, 3.05) is 0 Å². The van der Waals surface area contributed by atoms with Crippen LogP contribution in [-0.4, -0.2) is 9.79 Å². The van der Waals surface area contributed by atoms with Crippen LogP contribution < -0.4 is 4.52 Å². The smallest absolute Gasteiger partial charge is 0.391 e. The van der Waals surface area contributed by atoms with E-state index in [0.717, 1.165) is 22.3 Å². The van der Waals surface area contributed by atoms with Crippen LogP contribution in [-0.2, 0) is 0 Å². The van der Waals surface area contributed by atoms with Gasteiger partial charge in [0.1, 0.15) is 5.75 Å². The standard InChI is InChI=1S/C18H14ClO3P/c19-18-16(22-23(20)21)12-11-15(13-7-3-1-4-8-13)17(18)14-9-5-2-6-10-14/h1-12,20-21H. The van der Waals surface area contributed by atoms with Gasteiger partial charge < -0.3 is 14.3 Å². The number of hydrogen-bond donors (Lipinski definition) is 2. The maximum Gasteiger partial charge on any atom is 0.391 e. The molecule has 3 aromatic rings. The number of benzene rings is 3. The largest absolute Gasteiger partial charge is 0.425 e. The highest BCUT2D eigenvalue weighted by Gasteiger charge is 2.17. The summed E-state index contributed by atoms with van der Waals surface area (Å²) in [7, 11) is -2.52. The third-order valence-electron chi connectivity index (χ3n) is 3.43. The first kappa shape index (κ1) is 16.0. The van der Waals surface area contributed by atoms with E-state index in [1.54, 1.807) is 6.07 Å². The van der Waals surface area contributed by atoms with Gasteiger partial charge in [-0.15, -0.1) is 0 Å². The molecule has 0 aliphatic carbocycles. The summed E-state index contributed by atoms with van der Waals surface area (Å²) in [6.45, 7) is 0. The van der Waals surface area contributed by atoms with Crippen molar-refractivity contribution < 1.29 is 14.3 Å². The lowest BCUT2D eigenvalue weighted by atomic mass is 9.94. The third-order valence-corrected chi connectivity index (χ3v) is 4.17. The highest BCUT2D eigenvalue weighted by atomic mass is 35.5. The molecule has 23 heavy (non-hydrogen) atoms. The molecule has 0 amide bonds. The van der Waals surface area contributed by atoms with Crippen LogP contribution in [0.2, 0.25) is 5.02 Å². The van der Waals surface area contributed by atoms with Gasteiger partial charge in [-0.05, 0) is 28.8 Å². The minimum atomic E-state index is -2.52. The fourth-order valence-corrected chi connectivity index (χ4v) is 3.16. The van der Waals surface area contributed by atoms with Crippen molar-refractivity contribution in [2.24, 2.45) is 0 Å². The average molecular weight is 345 g/mol. The Labute approximate surface area is 140 Å². The van der Waals surface area contributed by atoms with E-state index in [1.165, 1.54) is 0 Å². The van der Waals surface area contributed by atoms with Crippen molar-refractivity contribution >= 4 is 20.2 Å². The summed E-state index contributed by atoms with van der Waals surface area (Å²) < 4.78 is 5.04. The minimum absolute atomic E-state index is 0.251. The Hall–Kier alpha value is -1.90. The molecule has 3 rings (SSSR count). The second kappa shape index (κ2) is 7.12. The fourth-order valence-electron chi connectivity index (χ4n) is 2.46. The van der Waals surface area contributed by atoms with Crippen molar-refractivity contribution in [1.82, 2.24) is 0 Å². The first-order chi connectivity index (χ1) is 11.2. The van der Waals surface area contributed by atoms with E-state index in [0.29, 0.717) is 5.02 Å². The van der Waals surface area contributed by atoms with Crippen LogP contribution in [0.1, 0.15) is 0 Å². The Kier molecular flexibility index (Phi) is 4.94. The van der Waals surface area contributed by atoms with Gasteiger partial charge in [0, 0.05) is 5.56 Å². The molecule has 0 spiro atoms. The predicted octanol–water partition coefficient (Wildman–Crippen LogP) is 5.26. The minimum Gasteiger partial charge on any atom is -0.425 e. The first-order valence-corrected chi connectivity index (χ1v) is 8.50. The summed E-state index contributed by atoms with van der Waals surface area (Å²) >= 11 is 6.51. The lowest BCUT2D eigenvalue weighted by Crippen LogP contribution is -1.92. The highest BCUT2D eigenvalue weighted by molar-refractivity contribution is 7.39. The number of rotatable bonds is 4. The zero-order chi connectivity index (χ0) is 16.2. The first-order valence-electron chi connectivity index (χ1n) is 6.96. The molecular weight excluding hydrogens is 331 g/mol. The SMILES string of the molecule is OP(O)Oc1ccc(-c2ccccc2)c(-c2ccccc2)c1Cl. The van der Waals surface area contributed by atoms with E-state index >= 15 is 0 Å². The molecule has 0 saturated carbocycles. The molecule has 0 unspecified atom stereocenters. The van der Waals surface area contributed by atoms with Gasteiger partial charge in [0.25, 0.3) is 0 Å². The Morgan fingerprint density at radius 3 is 1.87 bits per heavy atom. The molecule has 3 nitrogen and oxygen atoms in total. The van der Waals surface area contributed by atoms with E-state index < -0.39 is 8.60 Å². The van der Waals surface area contributed by atoms with Gasteiger partial charge >= 0.3 is 8.60 Å². The van der Waals surface area contributed by atoms with Gasteiger partial charge in [0.15, 0.2) is 0 Å². The van der Waals surface area contributed by atoms with Gasteiger partial charge in [-0.25, -0.2) is 0 Å². The van der Waals surface area contributed by atoms with E-state index in [2.05, 4.69) is 0 Å². The Morgan fingerprint density at radius 2 is 1.30 bits per heavy atom. The topological polar surface area (TPSA) is 49.7 Å². The highest BCUT2D eigenvalue weighted by Crippen LogP contribution is 2.45. The third kappa shape index (κ3) is 3.54. The van der Waals surface area contributed by atoms with Gasteiger partial charge in [-0.2, -0.15) is 0 Å². The summed E-state index contributed by atoms with van der Waals surface area (Å²) in [5.41, 5.74) is 3.71. The lowest BCUT2D eigenvalue weighted by molar-refractivity contribution is 0.375. The van der Waals surface area contributed by atoms with Crippen LogP contribution >= 0.6 is 20.2 Å². The molecule has 0 aromatic heterocycles. The van der Waals surface area contributed by atoms with Gasteiger partial charge in [-0.3, -0.25) is 0 Å². The quantitative estimate of drug-likeness (QED) is 0.634. The number of hydrogen-bond acceptors (Lipinski definition) is 3. The molecule has 0 radical (unpaired) electrons. The Balaban J connectivity index is 2.23. The van der Waals surface area contributed by atoms with Crippen LogP contribution in [0.15, 0.2) is 72.8 Å². The summed E-state index contributed by atoms with van der Waals surface area (Å²) in [6.07, 6.45) is 0. The summed E-state index contributed by atoms with van der Waals surface area (Å²) in [4.78, 5) is 18.2. The van der Waals surface area contributed by atoms with Crippen LogP contribution in [0, 0.1) is 0 Å². The van der Waals surface area contributed by atoms with E-state index in [-0.39, 0.29) is 5.75 Å². The fraction of sp³-hybridized carbons (Fsp3) is 0. The Bertz CT molecular complexity index is 792. The van der Waals surface area contributed by atoms with Crippen molar-refractivity contribution in [3.05, 3.63) is 77.8 Å². The molecule has 5 heteroatoms. The number of halogens is 1. The van der Waals surface area contributed by atoms with Gasteiger partial charge in [-0.1, -0.05) is 72.3 Å². The maximum absolute atomic E-state index is 9.12. The predicted molar refractivity (Wildman–Crippen MR) is 94.3 cm³/mol. The van der Waals surface area contributed by atoms with E-state index in [4.69, 9.17) is 25.9 Å². The lowest BCUT2D eigenvalue weighted by Gasteiger charge is -2.16. The molecule has 0 fully saturated rings. The molecule has 2 N–H and O–H groups in total. The zero-order valence-electron chi connectivity index (χ0n) is 12.1. The summed E-state index contributed by atoms with van der Waals surface area (Å²) in [6, 6.07) is 23.1. The van der Waals surface area contributed by atoms with Gasteiger partial charge in [0.05, 0.1) is 5.02 Å². The van der Waals surface area contributed by atoms with Crippen molar-refractivity contribution in [1.29, 1.82) is 0 Å². The molecule has 0 atom stereocenters.